The molecule has 0 N–H and O–H groups in total. The van der Waals surface area contributed by atoms with Gasteiger partial charge in [0.1, 0.15) is 0 Å². The number of rotatable bonds is 4. The van der Waals surface area contributed by atoms with E-state index in [0.29, 0.717) is 0 Å². The molecule has 0 aliphatic heterocycles. The summed E-state index contributed by atoms with van der Waals surface area (Å²) in [5, 5.41) is 1.23. The van der Waals surface area contributed by atoms with Gasteiger partial charge < -0.3 is 4.90 Å². The normalized spacial score (nSPS) is 11.2. The van der Waals surface area contributed by atoms with Crippen LogP contribution in [-0.4, -0.2) is 23.5 Å². The molecule has 0 unspecified atom stereocenters. The summed E-state index contributed by atoms with van der Waals surface area (Å²) in [5.74, 6) is 0. The van der Waals surface area contributed by atoms with E-state index in [2.05, 4.69) is 48.1 Å². The fraction of sp³-hybridized carbons (Fsp3) is 0.357. The van der Waals surface area contributed by atoms with Gasteiger partial charge in [-0.15, -0.1) is 0 Å². The molecule has 2 rings (SSSR count). The van der Waals surface area contributed by atoms with Crippen LogP contribution < -0.4 is 0 Å². The molecule has 0 aliphatic rings. The van der Waals surface area contributed by atoms with E-state index < -0.39 is 0 Å². The van der Waals surface area contributed by atoms with Gasteiger partial charge in [-0.1, -0.05) is 25.1 Å². The van der Waals surface area contributed by atoms with Gasteiger partial charge >= 0.3 is 0 Å². The predicted molar refractivity (Wildman–Crippen MR) is 68.4 cm³/mol. The number of para-hydroxylation sites is 1. The van der Waals surface area contributed by atoms with Crippen molar-refractivity contribution in [3.05, 3.63) is 42.1 Å². The lowest BCUT2D eigenvalue weighted by Gasteiger charge is -2.15. The highest BCUT2D eigenvalue weighted by Crippen LogP contribution is 2.13. The van der Waals surface area contributed by atoms with Crippen molar-refractivity contribution in [3.8, 4) is 0 Å². The minimum atomic E-state index is 0.978. The number of aromatic nitrogens is 1. The highest BCUT2D eigenvalue weighted by atomic mass is 15.1. The van der Waals surface area contributed by atoms with Crippen LogP contribution in [0.1, 0.15) is 18.9 Å². The third-order valence-electron chi connectivity index (χ3n) is 2.70. The van der Waals surface area contributed by atoms with Crippen LogP contribution in [0.5, 0.6) is 0 Å². The van der Waals surface area contributed by atoms with Crippen molar-refractivity contribution in [2.24, 2.45) is 0 Å². The monoisotopic (exact) mass is 214 g/mol. The van der Waals surface area contributed by atoms with Gasteiger partial charge in [0, 0.05) is 18.1 Å². The summed E-state index contributed by atoms with van der Waals surface area (Å²) in [6.45, 7) is 4.31. The molecule has 0 fully saturated rings. The predicted octanol–water partition coefficient (Wildman–Crippen LogP) is 3.08. The smallest absolute Gasteiger partial charge is 0.0702 e. The second-order valence-corrected chi connectivity index (χ2v) is 4.27. The van der Waals surface area contributed by atoms with Gasteiger partial charge in [0.25, 0.3) is 0 Å². The maximum atomic E-state index is 4.47. The molecular formula is C14H18N2. The maximum Gasteiger partial charge on any atom is 0.0702 e. The molecule has 2 nitrogen and oxygen atoms in total. The van der Waals surface area contributed by atoms with Gasteiger partial charge in [-0.3, -0.25) is 4.98 Å². The number of hydrogen-bond donors (Lipinski definition) is 0. The van der Waals surface area contributed by atoms with Crippen LogP contribution in [-0.2, 0) is 6.54 Å². The molecule has 0 spiro atoms. The van der Waals surface area contributed by atoms with Crippen molar-refractivity contribution < 1.29 is 0 Å². The Morgan fingerprint density at radius 1 is 1.25 bits per heavy atom. The highest BCUT2D eigenvalue weighted by Gasteiger charge is 2.01. The second kappa shape index (κ2) is 5.08. The van der Waals surface area contributed by atoms with Gasteiger partial charge in [-0.25, -0.2) is 0 Å². The summed E-state index contributed by atoms with van der Waals surface area (Å²) in [7, 11) is 2.15. The van der Waals surface area contributed by atoms with E-state index >= 15 is 0 Å². The lowest BCUT2D eigenvalue weighted by atomic mass is 10.1. The van der Waals surface area contributed by atoms with Crippen LogP contribution in [0.2, 0.25) is 0 Å². The Bertz CT molecular complexity index is 465. The van der Waals surface area contributed by atoms with Crippen LogP contribution in [0, 0.1) is 0 Å². The van der Waals surface area contributed by atoms with Crippen molar-refractivity contribution in [1.82, 2.24) is 9.88 Å². The van der Waals surface area contributed by atoms with Gasteiger partial charge in [0.15, 0.2) is 0 Å². The Balaban J connectivity index is 2.19. The molecule has 2 aromatic rings. The zero-order chi connectivity index (χ0) is 11.4. The largest absolute Gasteiger partial charge is 0.302 e. The Morgan fingerprint density at radius 2 is 2.06 bits per heavy atom. The first kappa shape index (κ1) is 11.1. The molecule has 84 valence electrons. The minimum absolute atomic E-state index is 0.978. The fourth-order valence-corrected chi connectivity index (χ4v) is 1.98. The van der Waals surface area contributed by atoms with Crippen molar-refractivity contribution in [1.29, 1.82) is 0 Å². The van der Waals surface area contributed by atoms with Crippen LogP contribution in [0.4, 0.5) is 0 Å². The molecule has 1 aromatic carbocycles. The first-order chi connectivity index (χ1) is 7.79. The van der Waals surface area contributed by atoms with Crippen molar-refractivity contribution in [2.45, 2.75) is 19.9 Å². The summed E-state index contributed by atoms with van der Waals surface area (Å²) in [6, 6.07) is 10.5. The molecule has 0 aliphatic carbocycles. The van der Waals surface area contributed by atoms with Crippen LogP contribution in [0.3, 0.4) is 0 Å². The lowest BCUT2D eigenvalue weighted by Crippen LogP contribution is -2.18. The Hall–Kier alpha value is -1.41. The molecule has 0 saturated carbocycles. The molecule has 16 heavy (non-hydrogen) atoms. The van der Waals surface area contributed by atoms with Gasteiger partial charge in [-0.05, 0) is 37.7 Å². The summed E-state index contributed by atoms with van der Waals surface area (Å²) in [6.07, 6.45) is 3.17. The topological polar surface area (TPSA) is 16.1 Å². The summed E-state index contributed by atoms with van der Waals surface area (Å²) in [5.41, 5.74) is 2.36. The standard InChI is InChI=1S/C14H18N2/c1-3-8-16(2)11-12-9-13-6-4-5-7-14(13)15-10-12/h4-7,9-10H,3,8,11H2,1-2H3. The Labute approximate surface area is 96.9 Å². The lowest BCUT2D eigenvalue weighted by molar-refractivity contribution is 0.327. The molecule has 1 aromatic heterocycles. The number of nitrogens with zero attached hydrogens (tertiary/aromatic N) is 2. The SMILES string of the molecule is CCCN(C)Cc1cnc2ccccc2c1. The van der Waals surface area contributed by atoms with Gasteiger partial charge in [0.2, 0.25) is 0 Å². The molecule has 0 bridgehead atoms. The molecular weight excluding hydrogens is 196 g/mol. The molecule has 0 radical (unpaired) electrons. The van der Waals surface area contributed by atoms with Gasteiger partial charge in [0.05, 0.1) is 5.52 Å². The van der Waals surface area contributed by atoms with Gasteiger partial charge in [-0.2, -0.15) is 0 Å². The van der Waals surface area contributed by atoms with Crippen molar-refractivity contribution in [3.63, 3.8) is 0 Å². The van der Waals surface area contributed by atoms with Crippen molar-refractivity contribution in [2.75, 3.05) is 13.6 Å². The highest BCUT2D eigenvalue weighted by molar-refractivity contribution is 5.78. The number of hydrogen-bond acceptors (Lipinski definition) is 2. The molecule has 0 atom stereocenters. The Morgan fingerprint density at radius 3 is 2.88 bits per heavy atom. The Kier molecular flexibility index (Phi) is 3.52. The van der Waals surface area contributed by atoms with Crippen LogP contribution in [0.25, 0.3) is 10.9 Å². The van der Waals surface area contributed by atoms with E-state index in [9.17, 15) is 0 Å². The average Bonchev–Trinajstić information content (AvgIpc) is 2.29. The third kappa shape index (κ3) is 2.58. The van der Waals surface area contributed by atoms with E-state index in [4.69, 9.17) is 0 Å². The summed E-state index contributed by atoms with van der Waals surface area (Å²) >= 11 is 0. The number of fused-ring (bicyclic) bond motifs is 1. The average molecular weight is 214 g/mol. The second-order valence-electron chi connectivity index (χ2n) is 4.27. The quantitative estimate of drug-likeness (QED) is 0.777. The molecule has 0 saturated heterocycles. The maximum absolute atomic E-state index is 4.47. The van der Waals surface area contributed by atoms with Crippen molar-refractivity contribution >= 4 is 10.9 Å². The minimum Gasteiger partial charge on any atom is -0.302 e. The zero-order valence-corrected chi connectivity index (χ0v) is 9.98. The van der Waals surface area contributed by atoms with E-state index in [1.54, 1.807) is 0 Å². The van der Waals surface area contributed by atoms with E-state index in [-0.39, 0.29) is 0 Å². The first-order valence-electron chi connectivity index (χ1n) is 5.82. The molecule has 2 heteroatoms. The van der Waals surface area contributed by atoms with E-state index in [0.717, 1.165) is 18.6 Å². The fourth-order valence-electron chi connectivity index (χ4n) is 1.98. The van der Waals surface area contributed by atoms with Crippen LogP contribution in [0.15, 0.2) is 36.5 Å². The number of benzene rings is 1. The summed E-state index contributed by atoms with van der Waals surface area (Å²) < 4.78 is 0. The summed E-state index contributed by atoms with van der Waals surface area (Å²) in [4.78, 5) is 6.79. The van der Waals surface area contributed by atoms with Crippen LogP contribution >= 0.6 is 0 Å². The van der Waals surface area contributed by atoms with E-state index in [1.165, 1.54) is 17.4 Å². The zero-order valence-electron chi connectivity index (χ0n) is 9.98. The molecule has 0 amide bonds. The first-order valence-corrected chi connectivity index (χ1v) is 5.82. The number of pyridine rings is 1. The molecule has 1 heterocycles. The third-order valence-corrected chi connectivity index (χ3v) is 2.70. The van der Waals surface area contributed by atoms with E-state index in [1.807, 2.05) is 12.3 Å².